The first kappa shape index (κ1) is 32.1. The third-order valence-electron chi connectivity index (χ3n) is 7.94. The lowest BCUT2D eigenvalue weighted by Crippen LogP contribution is -2.29. The van der Waals surface area contributed by atoms with Crippen molar-refractivity contribution in [3.8, 4) is 0 Å². The molecule has 0 bridgehead atoms. The smallest absolute Gasteiger partial charge is 0.335 e. The van der Waals surface area contributed by atoms with Crippen molar-refractivity contribution < 1.29 is 29.3 Å². The molecule has 1 atom stereocenters. The summed E-state index contributed by atoms with van der Waals surface area (Å²) in [5.74, 6) is 2.83. The Bertz CT molecular complexity index is 656. The Balaban J connectivity index is 0.00000150. The molecule has 6 nitrogen and oxygen atoms in total. The van der Waals surface area contributed by atoms with Gasteiger partial charge in [0.1, 0.15) is 0 Å². The zero-order valence-corrected chi connectivity index (χ0v) is 22.5. The van der Waals surface area contributed by atoms with Gasteiger partial charge < -0.3 is 19.7 Å². The van der Waals surface area contributed by atoms with E-state index in [1.807, 2.05) is 0 Å². The summed E-state index contributed by atoms with van der Waals surface area (Å²) in [6.07, 6.45) is 18.0. The molecule has 0 aromatic heterocycles. The van der Waals surface area contributed by atoms with E-state index in [0.717, 1.165) is 37.0 Å². The highest BCUT2D eigenvalue weighted by atomic mass is 16.5. The van der Waals surface area contributed by atoms with E-state index < -0.39 is 5.97 Å². The van der Waals surface area contributed by atoms with Gasteiger partial charge in [-0.15, -0.1) is 13.2 Å². The van der Waals surface area contributed by atoms with Gasteiger partial charge >= 0.3 is 11.9 Å². The number of carbonyl (C=O) groups excluding carboxylic acids is 2. The number of ether oxygens (including phenoxy) is 2. The first-order chi connectivity index (χ1) is 17.4. The third kappa shape index (κ3) is 12.9. The first-order valence-corrected chi connectivity index (χ1v) is 13.8. The molecule has 1 unspecified atom stereocenters. The minimum Gasteiger partial charge on any atom is -0.466 e. The second kappa shape index (κ2) is 19.2. The number of esters is 2. The van der Waals surface area contributed by atoms with Crippen LogP contribution in [0.15, 0.2) is 37.5 Å². The van der Waals surface area contributed by atoms with E-state index in [2.05, 4.69) is 25.8 Å². The molecule has 0 aliphatic heterocycles. The highest BCUT2D eigenvalue weighted by Crippen LogP contribution is 2.44. The van der Waals surface area contributed by atoms with Crippen molar-refractivity contribution >= 4 is 11.9 Å². The molecule has 2 rings (SSSR count). The van der Waals surface area contributed by atoms with E-state index in [0.29, 0.717) is 25.0 Å². The molecule has 2 aliphatic carbocycles. The quantitative estimate of drug-likeness (QED) is 0.176. The van der Waals surface area contributed by atoms with Crippen LogP contribution in [0.2, 0.25) is 0 Å². The lowest BCUT2D eigenvalue weighted by atomic mass is 9.66. The van der Waals surface area contributed by atoms with Gasteiger partial charge in [0.25, 0.3) is 0 Å². The Kier molecular flexibility index (Phi) is 17.1. The van der Waals surface area contributed by atoms with Gasteiger partial charge in [0.2, 0.25) is 0 Å². The molecule has 0 heterocycles. The highest BCUT2D eigenvalue weighted by molar-refractivity contribution is 5.87. The molecule has 0 spiro atoms. The summed E-state index contributed by atoms with van der Waals surface area (Å²) in [5, 5.41) is 16.8. The summed E-state index contributed by atoms with van der Waals surface area (Å²) in [7, 11) is 0. The summed E-state index contributed by atoms with van der Waals surface area (Å²) in [5.41, 5.74) is 0.0844. The summed E-state index contributed by atoms with van der Waals surface area (Å²) < 4.78 is 10.5. The third-order valence-corrected chi connectivity index (χ3v) is 7.94. The zero-order valence-electron chi connectivity index (χ0n) is 22.5. The summed E-state index contributed by atoms with van der Waals surface area (Å²) in [4.78, 5) is 23.0. The molecule has 2 saturated carbocycles. The van der Waals surface area contributed by atoms with E-state index in [1.165, 1.54) is 70.8 Å². The maximum absolute atomic E-state index is 11.8. The van der Waals surface area contributed by atoms with Crippen LogP contribution in [0.3, 0.4) is 0 Å². The predicted molar refractivity (Wildman–Crippen MR) is 144 cm³/mol. The number of rotatable bonds is 14. The van der Waals surface area contributed by atoms with Crippen LogP contribution in [0.1, 0.15) is 84.0 Å². The number of hydrogen-bond donors (Lipinski definition) is 2. The van der Waals surface area contributed by atoms with Crippen molar-refractivity contribution in [2.45, 2.75) is 84.0 Å². The summed E-state index contributed by atoms with van der Waals surface area (Å²) >= 11 is 0. The summed E-state index contributed by atoms with van der Waals surface area (Å²) in [6, 6.07) is 0. The van der Waals surface area contributed by atoms with Crippen LogP contribution in [0, 0.1) is 29.6 Å². The molecule has 0 saturated heterocycles. The molecule has 0 amide bonds. The van der Waals surface area contributed by atoms with Crippen LogP contribution in [-0.4, -0.2) is 48.6 Å². The molecule has 206 valence electrons. The molecule has 2 aliphatic rings. The Labute approximate surface area is 218 Å². The molecule has 2 N–H and O–H groups in total. The molecule has 6 heteroatoms. The largest absolute Gasteiger partial charge is 0.466 e. The van der Waals surface area contributed by atoms with Gasteiger partial charge in [0, 0.05) is 6.92 Å². The van der Waals surface area contributed by atoms with Gasteiger partial charge in [-0.05, 0) is 93.8 Å². The average Bonchev–Trinajstić information content (AvgIpc) is 2.90. The first-order valence-electron chi connectivity index (χ1n) is 13.8. The van der Waals surface area contributed by atoms with Gasteiger partial charge in [-0.3, -0.25) is 4.79 Å². The van der Waals surface area contributed by atoms with Crippen molar-refractivity contribution in [2.24, 2.45) is 29.6 Å². The minimum atomic E-state index is -0.529. The van der Waals surface area contributed by atoms with Gasteiger partial charge in [0.05, 0.1) is 32.0 Å². The Morgan fingerprint density at radius 3 is 1.89 bits per heavy atom. The maximum atomic E-state index is 11.8. The lowest BCUT2D eigenvalue weighted by molar-refractivity contribution is -0.141. The molecule has 2 fully saturated rings. The van der Waals surface area contributed by atoms with Crippen LogP contribution >= 0.6 is 0 Å². The van der Waals surface area contributed by atoms with Crippen LogP contribution < -0.4 is 0 Å². The van der Waals surface area contributed by atoms with Crippen molar-refractivity contribution in [3.05, 3.63) is 37.5 Å². The fourth-order valence-electron chi connectivity index (χ4n) is 5.83. The minimum absolute atomic E-state index is 0.0833. The molecule has 0 aromatic carbocycles. The van der Waals surface area contributed by atoms with Crippen LogP contribution in [0.25, 0.3) is 0 Å². The zero-order chi connectivity index (χ0) is 26.8. The molecule has 0 aromatic rings. The van der Waals surface area contributed by atoms with E-state index in [9.17, 15) is 9.59 Å². The summed E-state index contributed by atoms with van der Waals surface area (Å²) in [6.45, 7) is 12.5. The second-order valence-corrected chi connectivity index (χ2v) is 10.4. The fraction of sp³-hybridized carbons (Fsp3) is 0.733. The lowest BCUT2D eigenvalue weighted by Gasteiger charge is -2.40. The van der Waals surface area contributed by atoms with Crippen LogP contribution in [0.5, 0.6) is 0 Å². The normalized spacial score (nSPS) is 24.4. The average molecular weight is 507 g/mol. The number of hydrogen-bond acceptors (Lipinski definition) is 6. The standard InChI is InChI=1S/C27H44O5.C3H6O/c1-4-5-6-22-7-9-23(10-8-22)24-11-13-25(14-12-24)26(15-17-31-21(3)29)16-18-32-27(30)20(2)19-28;1-2-3-4/h4,22-26,28H,1-2,5-19H2,3H3;2,4H,1,3H2. The molecule has 0 radical (unpaired) electrons. The van der Waals surface area contributed by atoms with E-state index in [-0.39, 0.29) is 24.8 Å². The second-order valence-electron chi connectivity index (χ2n) is 10.4. The van der Waals surface area contributed by atoms with Gasteiger partial charge in [-0.2, -0.15) is 0 Å². The van der Waals surface area contributed by atoms with Crippen molar-refractivity contribution in [2.75, 3.05) is 26.4 Å². The Morgan fingerprint density at radius 2 is 1.42 bits per heavy atom. The number of allylic oxidation sites excluding steroid dienone is 1. The predicted octanol–water partition coefficient (Wildman–Crippen LogP) is 5.78. The van der Waals surface area contributed by atoms with E-state index in [1.54, 1.807) is 0 Å². The Morgan fingerprint density at radius 1 is 0.889 bits per heavy atom. The maximum Gasteiger partial charge on any atom is 0.335 e. The van der Waals surface area contributed by atoms with Gasteiger partial charge in [0.15, 0.2) is 0 Å². The molecule has 36 heavy (non-hydrogen) atoms. The van der Waals surface area contributed by atoms with Crippen molar-refractivity contribution in [1.29, 1.82) is 0 Å². The number of carbonyl (C=O) groups is 2. The van der Waals surface area contributed by atoms with Gasteiger partial charge in [-0.1, -0.05) is 31.6 Å². The van der Waals surface area contributed by atoms with Crippen LogP contribution in [-0.2, 0) is 19.1 Å². The monoisotopic (exact) mass is 506 g/mol. The SMILES string of the molecule is C=CCCC1CCC(C2CCC(C(CCOC(C)=O)CCOC(=O)C(=C)CO)CC2)CC1.C=CCO. The highest BCUT2D eigenvalue weighted by Gasteiger charge is 2.33. The molecular formula is C30H50O6. The van der Waals surface area contributed by atoms with E-state index in [4.69, 9.17) is 19.7 Å². The van der Waals surface area contributed by atoms with Crippen LogP contribution in [0.4, 0.5) is 0 Å². The molecular weight excluding hydrogens is 456 g/mol. The van der Waals surface area contributed by atoms with Crippen molar-refractivity contribution in [1.82, 2.24) is 0 Å². The number of aliphatic hydroxyl groups excluding tert-OH is 2. The fourth-order valence-corrected chi connectivity index (χ4v) is 5.83. The van der Waals surface area contributed by atoms with E-state index >= 15 is 0 Å². The van der Waals surface area contributed by atoms with Crippen molar-refractivity contribution in [3.63, 3.8) is 0 Å². The topological polar surface area (TPSA) is 93.1 Å². The Hall–Kier alpha value is -1.92. The number of aliphatic hydroxyl groups is 2. The van der Waals surface area contributed by atoms with Gasteiger partial charge in [-0.25, -0.2) is 4.79 Å².